The molecule has 2 N–H and O–H groups in total. The van der Waals surface area contributed by atoms with Crippen molar-refractivity contribution < 1.29 is 9.59 Å². The van der Waals surface area contributed by atoms with Crippen molar-refractivity contribution >= 4 is 33.6 Å². The maximum atomic E-state index is 12.1. The van der Waals surface area contributed by atoms with Crippen molar-refractivity contribution in [2.24, 2.45) is 0 Å². The Morgan fingerprint density at radius 3 is 2.58 bits per heavy atom. The Bertz CT molecular complexity index is 792. The highest BCUT2D eigenvalue weighted by molar-refractivity contribution is 9.10. The number of hydrogen-bond acceptors (Lipinski definition) is 2. The zero-order valence-electron chi connectivity index (χ0n) is 14.7. The highest BCUT2D eigenvalue weighted by Crippen LogP contribution is 2.23. The summed E-state index contributed by atoms with van der Waals surface area (Å²) in [5, 5.41) is 5.81. The SMILES string of the molecule is C[C@@H](NC(=O)NCc1ccc(N2CCCC2=O)cc1)c1ccccc1Br. The van der Waals surface area contributed by atoms with Gasteiger partial charge in [0.05, 0.1) is 6.04 Å². The van der Waals surface area contributed by atoms with Crippen molar-refractivity contribution in [3.63, 3.8) is 0 Å². The summed E-state index contributed by atoms with van der Waals surface area (Å²) in [5.74, 6) is 0.177. The largest absolute Gasteiger partial charge is 0.334 e. The molecule has 1 aliphatic rings. The van der Waals surface area contributed by atoms with Crippen molar-refractivity contribution in [1.82, 2.24) is 10.6 Å². The second-order valence-corrected chi connectivity index (χ2v) is 7.24. The minimum Gasteiger partial charge on any atom is -0.334 e. The van der Waals surface area contributed by atoms with Gasteiger partial charge in [-0.15, -0.1) is 0 Å². The zero-order chi connectivity index (χ0) is 18.5. The Morgan fingerprint density at radius 2 is 1.92 bits per heavy atom. The molecule has 6 heteroatoms. The second-order valence-electron chi connectivity index (χ2n) is 6.39. The van der Waals surface area contributed by atoms with Gasteiger partial charge in [-0.25, -0.2) is 4.79 Å². The molecule has 1 fully saturated rings. The van der Waals surface area contributed by atoms with Gasteiger partial charge in [-0.2, -0.15) is 0 Å². The van der Waals surface area contributed by atoms with Gasteiger partial charge in [0.2, 0.25) is 5.91 Å². The molecule has 0 bridgehead atoms. The molecule has 26 heavy (non-hydrogen) atoms. The molecule has 136 valence electrons. The first-order chi connectivity index (χ1) is 12.5. The van der Waals surface area contributed by atoms with Crippen LogP contribution in [0.25, 0.3) is 0 Å². The van der Waals surface area contributed by atoms with E-state index in [-0.39, 0.29) is 18.0 Å². The first-order valence-electron chi connectivity index (χ1n) is 8.72. The van der Waals surface area contributed by atoms with Crippen molar-refractivity contribution in [2.45, 2.75) is 32.4 Å². The third-order valence-electron chi connectivity index (χ3n) is 4.49. The molecule has 1 saturated heterocycles. The fourth-order valence-electron chi connectivity index (χ4n) is 3.05. The molecule has 1 aliphatic heterocycles. The van der Waals surface area contributed by atoms with Crippen LogP contribution in [0.4, 0.5) is 10.5 Å². The molecule has 2 aromatic carbocycles. The molecular weight excluding hydrogens is 394 g/mol. The van der Waals surface area contributed by atoms with Gasteiger partial charge in [0.15, 0.2) is 0 Å². The summed E-state index contributed by atoms with van der Waals surface area (Å²) in [6.45, 7) is 3.16. The molecule has 1 heterocycles. The van der Waals surface area contributed by atoms with Gasteiger partial charge in [0.25, 0.3) is 0 Å². The van der Waals surface area contributed by atoms with Crippen LogP contribution >= 0.6 is 15.9 Å². The lowest BCUT2D eigenvalue weighted by molar-refractivity contribution is -0.117. The Labute approximate surface area is 161 Å². The third kappa shape index (κ3) is 4.43. The van der Waals surface area contributed by atoms with E-state index in [1.54, 1.807) is 0 Å². The first-order valence-corrected chi connectivity index (χ1v) is 9.52. The van der Waals surface area contributed by atoms with E-state index in [0.29, 0.717) is 13.0 Å². The van der Waals surface area contributed by atoms with Crippen LogP contribution in [-0.4, -0.2) is 18.5 Å². The fourth-order valence-corrected chi connectivity index (χ4v) is 3.68. The molecule has 3 amide bonds. The molecule has 1 atom stereocenters. The highest BCUT2D eigenvalue weighted by atomic mass is 79.9. The number of carbonyl (C=O) groups is 2. The van der Waals surface area contributed by atoms with Gasteiger partial charge in [0, 0.05) is 29.7 Å². The smallest absolute Gasteiger partial charge is 0.315 e. The third-order valence-corrected chi connectivity index (χ3v) is 5.22. The summed E-state index contributed by atoms with van der Waals surface area (Å²) in [4.78, 5) is 25.7. The number of amides is 3. The van der Waals surface area contributed by atoms with Crippen molar-refractivity contribution in [3.8, 4) is 0 Å². The summed E-state index contributed by atoms with van der Waals surface area (Å²) < 4.78 is 0.972. The number of urea groups is 1. The summed E-state index contributed by atoms with van der Waals surface area (Å²) in [6, 6.07) is 15.3. The summed E-state index contributed by atoms with van der Waals surface area (Å²) in [5.41, 5.74) is 2.94. The van der Waals surface area contributed by atoms with Crippen LogP contribution in [0.1, 0.15) is 36.9 Å². The van der Waals surface area contributed by atoms with Crippen LogP contribution in [0.2, 0.25) is 0 Å². The number of benzene rings is 2. The summed E-state index contributed by atoms with van der Waals surface area (Å²) in [6.07, 6.45) is 1.54. The number of rotatable bonds is 5. The minimum absolute atomic E-state index is 0.103. The molecule has 0 aliphatic carbocycles. The van der Waals surface area contributed by atoms with Gasteiger partial charge < -0.3 is 15.5 Å². The van der Waals surface area contributed by atoms with Gasteiger partial charge in [-0.1, -0.05) is 46.3 Å². The van der Waals surface area contributed by atoms with Crippen molar-refractivity contribution in [3.05, 3.63) is 64.1 Å². The normalized spacial score (nSPS) is 15.0. The average molecular weight is 416 g/mol. The van der Waals surface area contributed by atoms with Gasteiger partial charge in [-0.05, 0) is 42.7 Å². The Hall–Kier alpha value is -2.34. The monoisotopic (exact) mass is 415 g/mol. The molecule has 0 radical (unpaired) electrons. The molecule has 2 aromatic rings. The van der Waals surface area contributed by atoms with Gasteiger partial charge >= 0.3 is 6.03 Å². The van der Waals surface area contributed by atoms with E-state index in [1.807, 2.05) is 60.4 Å². The van der Waals surface area contributed by atoms with Crippen LogP contribution in [0.5, 0.6) is 0 Å². The number of halogens is 1. The lowest BCUT2D eigenvalue weighted by atomic mass is 10.1. The molecule has 0 saturated carbocycles. The molecule has 0 unspecified atom stereocenters. The first kappa shape index (κ1) is 18.5. The number of nitrogens with zero attached hydrogens (tertiary/aromatic N) is 1. The Morgan fingerprint density at radius 1 is 1.19 bits per heavy atom. The highest BCUT2D eigenvalue weighted by Gasteiger charge is 2.21. The van der Waals surface area contributed by atoms with E-state index in [4.69, 9.17) is 0 Å². The number of hydrogen-bond donors (Lipinski definition) is 2. The van der Waals surface area contributed by atoms with E-state index >= 15 is 0 Å². The minimum atomic E-state index is -0.216. The molecule has 5 nitrogen and oxygen atoms in total. The maximum absolute atomic E-state index is 12.1. The summed E-state index contributed by atoms with van der Waals surface area (Å²) >= 11 is 3.50. The molecule has 0 aromatic heterocycles. The number of nitrogens with one attached hydrogen (secondary N) is 2. The second kappa shape index (κ2) is 8.36. The van der Waals surface area contributed by atoms with E-state index in [1.165, 1.54) is 0 Å². The van der Waals surface area contributed by atoms with Crippen molar-refractivity contribution in [1.29, 1.82) is 0 Å². The van der Waals surface area contributed by atoms with Crippen LogP contribution in [0, 0.1) is 0 Å². The van der Waals surface area contributed by atoms with E-state index in [9.17, 15) is 9.59 Å². The lowest BCUT2D eigenvalue weighted by Crippen LogP contribution is -2.36. The molecular formula is C20H22BrN3O2. The summed E-state index contributed by atoms with van der Waals surface area (Å²) in [7, 11) is 0. The standard InChI is InChI=1S/C20H22BrN3O2/c1-14(17-5-2-3-6-18(17)21)23-20(26)22-13-15-8-10-16(11-9-15)24-12-4-7-19(24)25/h2-3,5-6,8-11,14H,4,7,12-13H2,1H3,(H2,22,23,26)/t14-/m1/s1. The fraction of sp³-hybridized carbons (Fsp3) is 0.300. The lowest BCUT2D eigenvalue weighted by Gasteiger charge is -2.17. The van der Waals surface area contributed by atoms with Crippen LogP contribution < -0.4 is 15.5 Å². The maximum Gasteiger partial charge on any atom is 0.315 e. The van der Waals surface area contributed by atoms with Gasteiger partial charge in [-0.3, -0.25) is 4.79 Å². The molecule has 0 spiro atoms. The Kier molecular flexibility index (Phi) is 5.93. The number of carbonyl (C=O) groups excluding carboxylic acids is 2. The topological polar surface area (TPSA) is 61.4 Å². The predicted octanol–water partition coefficient (Wildman–Crippen LogP) is 4.14. The van der Waals surface area contributed by atoms with Crippen LogP contribution in [0.15, 0.2) is 53.0 Å². The van der Waals surface area contributed by atoms with E-state index in [2.05, 4.69) is 26.6 Å². The van der Waals surface area contributed by atoms with Crippen molar-refractivity contribution in [2.75, 3.05) is 11.4 Å². The molecule has 3 rings (SSSR count). The number of anilines is 1. The van der Waals surface area contributed by atoms with Crippen LogP contribution in [-0.2, 0) is 11.3 Å². The van der Waals surface area contributed by atoms with E-state index < -0.39 is 0 Å². The van der Waals surface area contributed by atoms with Gasteiger partial charge in [0.1, 0.15) is 0 Å². The average Bonchev–Trinajstić information content (AvgIpc) is 3.06. The van der Waals surface area contributed by atoms with E-state index in [0.717, 1.165) is 34.3 Å². The van der Waals surface area contributed by atoms with Crippen LogP contribution in [0.3, 0.4) is 0 Å². The predicted molar refractivity (Wildman–Crippen MR) is 106 cm³/mol. The quantitative estimate of drug-likeness (QED) is 0.770. The zero-order valence-corrected chi connectivity index (χ0v) is 16.3. The Balaban J connectivity index is 1.51.